The minimum atomic E-state index is 0.0689. The van der Waals surface area contributed by atoms with Crippen LogP contribution in [0.15, 0.2) is 24.3 Å². The van der Waals surface area contributed by atoms with Crippen LogP contribution in [0.5, 0.6) is 0 Å². The lowest BCUT2D eigenvalue weighted by Gasteiger charge is -2.36. The molecule has 3 N–H and O–H groups in total. The zero-order chi connectivity index (χ0) is 12.3. The molecule has 2 unspecified atom stereocenters. The lowest BCUT2D eigenvalue weighted by Crippen LogP contribution is -2.48. The molecule has 1 aromatic carbocycles. The monoisotopic (exact) mass is 252 g/mol. The third-order valence-corrected chi connectivity index (χ3v) is 4.27. The van der Waals surface area contributed by atoms with Gasteiger partial charge in [-0.25, -0.2) is 0 Å². The molecule has 1 aliphatic rings. The van der Waals surface area contributed by atoms with Crippen LogP contribution in [0.2, 0.25) is 5.02 Å². The summed E-state index contributed by atoms with van der Waals surface area (Å²) in [5, 5.41) is 4.41. The number of hydrogen-bond donors (Lipinski definition) is 2. The average molecular weight is 253 g/mol. The first-order chi connectivity index (χ1) is 8.20. The van der Waals surface area contributed by atoms with Crippen molar-refractivity contribution < 1.29 is 0 Å². The zero-order valence-electron chi connectivity index (χ0n) is 10.4. The van der Waals surface area contributed by atoms with E-state index in [-0.39, 0.29) is 5.54 Å². The van der Waals surface area contributed by atoms with Crippen LogP contribution in [0, 0.1) is 5.92 Å². The number of rotatable bonds is 4. The van der Waals surface area contributed by atoms with E-state index in [9.17, 15) is 0 Å². The Hall–Kier alpha value is -0.730. The fourth-order valence-electron chi connectivity index (χ4n) is 3.08. The number of anilines is 1. The normalized spacial score (nSPS) is 28.3. The van der Waals surface area contributed by atoms with E-state index in [1.54, 1.807) is 0 Å². The SMILES string of the molecule is CCC1CCCC1(CN)Nc1cccc(Cl)c1. The van der Waals surface area contributed by atoms with Gasteiger partial charge in [-0.2, -0.15) is 0 Å². The van der Waals surface area contributed by atoms with Gasteiger partial charge in [0.1, 0.15) is 0 Å². The van der Waals surface area contributed by atoms with Crippen molar-refractivity contribution in [1.82, 2.24) is 0 Å². The van der Waals surface area contributed by atoms with Crippen molar-refractivity contribution >= 4 is 17.3 Å². The molecule has 94 valence electrons. The van der Waals surface area contributed by atoms with Gasteiger partial charge in [0.05, 0.1) is 5.54 Å². The largest absolute Gasteiger partial charge is 0.378 e. The second kappa shape index (κ2) is 5.28. The van der Waals surface area contributed by atoms with E-state index >= 15 is 0 Å². The molecule has 0 aliphatic heterocycles. The van der Waals surface area contributed by atoms with Gasteiger partial charge in [-0.3, -0.25) is 0 Å². The summed E-state index contributed by atoms with van der Waals surface area (Å²) < 4.78 is 0. The van der Waals surface area contributed by atoms with Crippen LogP contribution < -0.4 is 11.1 Å². The summed E-state index contributed by atoms with van der Waals surface area (Å²) in [6.07, 6.45) is 4.89. The summed E-state index contributed by atoms with van der Waals surface area (Å²) in [5.74, 6) is 0.673. The Morgan fingerprint density at radius 1 is 1.53 bits per heavy atom. The van der Waals surface area contributed by atoms with E-state index < -0.39 is 0 Å². The molecule has 0 aromatic heterocycles. The molecule has 1 saturated carbocycles. The fraction of sp³-hybridized carbons (Fsp3) is 0.571. The van der Waals surface area contributed by atoms with E-state index in [1.807, 2.05) is 18.2 Å². The third kappa shape index (κ3) is 2.58. The molecule has 2 rings (SSSR count). The van der Waals surface area contributed by atoms with Gasteiger partial charge in [-0.15, -0.1) is 0 Å². The molecule has 0 bridgehead atoms. The predicted molar refractivity (Wildman–Crippen MR) is 74.5 cm³/mol. The highest BCUT2D eigenvalue weighted by atomic mass is 35.5. The molecule has 2 atom stereocenters. The molecule has 1 aromatic rings. The smallest absolute Gasteiger partial charge is 0.0523 e. The molecule has 0 radical (unpaired) electrons. The molecule has 0 spiro atoms. The Labute approximate surface area is 109 Å². The summed E-state index contributed by atoms with van der Waals surface area (Å²) in [5.41, 5.74) is 7.18. The lowest BCUT2D eigenvalue weighted by molar-refractivity contribution is 0.346. The van der Waals surface area contributed by atoms with Gasteiger partial charge in [-0.1, -0.05) is 37.4 Å². The van der Waals surface area contributed by atoms with E-state index in [2.05, 4.69) is 18.3 Å². The number of halogens is 1. The van der Waals surface area contributed by atoms with Crippen LogP contribution in [-0.4, -0.2) is 12.1 Å². The molecule has 1 aliphatic carbocycles. The Balaban J connectivity index is 2.19. The second-order valence-corrected chi connectivity index (χ2v) is 5.43. The first kappa shape index (κ1) is 12.7. The van der Waals surface area contributed by atoms with E-state index in [0.29, 0.717) is 12.5 Å². The molecular formula is C14H21ClN2. The first-order valence-electron chi connectivity index (χ1n) is 6.44. The average Bonchev–Trinajstić information content (AvgIpc) is 2.72. The molecule has 0 saturated heterocycles. The number of benzene rings is 1. The summed E-state index contributed by atoms with van der Waals surface area (Å²) in [6, 6.07) is 7.91. The molecule has 0 heterocycles. The minimum Gasteiger partial charge on any atom is -0.378 e. The van der Waals surface area contributed by atoms with Crippen LogP contribution >= 0.6 is 11.6 Å². The maximum absolute atomic E-state index is 6.03. The molecule has 17 heavy (non-hydrogen) atoms. The topological polar surface area (TPSA) is 38.0 Å². The number of hydrogen-bond acceptors (Lipinski definition) is 2. The summed E-state index contributed by atoms with van der Waals surface area (Å²) >= 11 is 6.02. The quantitative estimate of drug-likeness (QED) is 0.858. The summed E-state index contributed by atoms with van der Waals surface area (Å²) in [4.78, 5) is 0. The van der Waals surface area contributed by atoms with Crippen molar-refractivity contribution in [2.45, 2.75) is 38.1 Å². The van der Waals surface area contributed by atoms with Gasteiger partial charge in [0, 0.05) is 17.3 Å². The van der Waals surface area contributed by atoms with Gasteiger partial charge in [0.15, 0.2) is 0 Å². The summed E-state index contributed by atoms with van der Waals surface area (Å²) in [6.45, 7) is 2.94. The molecule has 0 amide bonds. The molecule has 2 nitrogen and oxygen atoms in total. The van der Waals surface area contributed by atoms with E-state index in [1.165, 1.54) is 19.3 Å². The van der Waals surface area contributed by atoms with Gasteiger partial charge in [0.2, 0.25) is 0 Å². The van der Waals surface area contributed by atoms with Crippen LogP contribution in [0.4, 0.5) is 5.69 Å². The summed E-state index contributed by atoms with van der Waals surface area (Å²) in [7, 11) is 0. The highest BCUT2D eigenvalue weighted by Crippen LogP contribution is 2.39. The predicted octanol–water partition coefficient (Wildman–Crippen LogP) is 3.66. The fourth-order valence-corrected chi connectivity index (χ4v) is 3.27. The van der Waals surface area contributed by atoms with Crippen LogP contribution in [0.25, 0.3) is 0 Å². The Morgan fingerprint density at radius 2 is 2.35 bits per heavy atom. The van der Waals surface area contributed by atoms with E-state index in [0.717, 1.165) is 17.1 Å². The maximum atomic E-state index is 6.03. The Bertz CT molecular complexity index is 380. The number of nitrogens with two attached hydrogens (primary N) is 1. The van der Waals surface area contributed by atoms with Crippen molar-refractivity contribution in [1.29, 1.82) is 0 Å². The molecule has 3 heteroatoms. The van der Waals surface area contributed by atoms with Gasteiger partial charge in [0.25, 0.3) is 0 Å². The van der Waals surface area contributed by atoms with Crippen LogP contribution in [0.3, 0.4) is 0 Å². The number of nitrogens with one attached hydrogen (secondary N) is 1. The highest BCUT2D eigenvalue weighted by molar-refractivity contribution is 6.30. The third-order valence-electron chi connectivity index (χ3n) is 4.03. The van der Waals surface area contributed by atoms with Crippen molar-refractivity contribution in [3.8, 4) is 0 Å². The van der Waals surface area contributed by atoms with Crippen LogP contribution in [-0.2, 0) is 0 Å². The molecule has 1 fully saturated rings. The van der Waals surface area contributed by atoms with Crippen molar-refractivity contribution in [2.75, 3.05) is 11.9 Å². The Morgan fingerprint density at radius 3 is 3.00 bits per heavy atom. The van der Waals surface area contributed by atoms with Crippen LogP contribution in [0.1, 0.15) is 32.6 Å². The highest BCUT2D eigenvalue weighted by Gasteiger charge is 2.40. The standard InChI is InChI=1S/C14H21ClN2/c1-2-11-5-4-8-14(11,10-16)17-13-7-3-6-12(15)9-13/h3,6-7,9,11,17H,2,4-5,8,10,16H2,1H3. The van der Waals surface area contributed by atoms with Gasteiger partial charge >= 0.3 is 0 Å². The van der Waals surface area contributed by atoms with Crippen molar-refractivity contribution in [3.05, 3.63) is 29.3 Å². The van der Waals surface area contributed by atoms with Crippen molar-refractivity contribution in [2.24, 2.45) is 11.7 Å². The minimum absolute atomic E-state index is 0.0689. The Kier molecular flexibility index (Phi) is 3.95. The molecular weight excluding hydrogens is 232 g/mol. The van der Waals surface area contributed by atoms with E-state index in [4.69, 9.17) is 17.3 Å². The van der Waals surface area contributed by atoms with Gasteiger partial charge in [-0.05, 0) is 37.0 Å². The lowest BCUT2D eigenvalue weighted by atomic mass is 9.85. The second-order valence-electron chi connectivity index (χ2n) is 4.99. The zero-order valence-corrected chi connectivity index (χ0v) is 11.1. The first-order valence-corrected chi connectivity index (χ1v) is 6.82. The van der Waals surface area contributed by atoms with Gasteiger partial charge < -0.3 is 11.1 Å². The van der Waals surface area contributed by atoms with Crippen molar-refractivity contribution in [3.63, 3.8) is 0 Å². The maximum Gasteiger partial charge on any atom is 0.0523 e.